The largest absolute Gasteiger partial charge is 0.481 e. The first-order chi connectivity index (χ1) is 20.1. The Labute approximate surface area is 246 Å². The third-order valence-corrected chi connectivity index (χ3v) is 9.16. The predicted molar refractivity (Wildman–Crippen MR) is 161 cm³/mol. The molecule has 9 bridgehead atoms. The van der Waals surface area contributed by atoms with Gasteiger partial charge in [0, 0.05) is 37.7 Å². The lowest BCUT2D eigenvalue weighted by atomic mass is 9.69. The van der Waals surface area contributed by atoms with Gasteiger partial charge in [-0.3, -0.25) is 9.59 Å². The van der Waals surface area contributed by atoms with E-state index >= 15 is 0 Å². The maximum absolute atomic E-state index is 13.9. The number of nitrogens with zero attached hydrogens (tertiary/aromatic N) is 4. The summed E-state index contributed by atoms with van der Waals surface area (Å²) in [6, 6.07) is 14.5. The summed E-state index contributed by atoms with van der Waals surface area (Å²) in [4.78, 5) is 28.5. The Balaban J connectivity index is 1.50. The van der Waals surface area contributed by atoms with Crippen molar-refractivity contribution in [3.63, 3.8) is 0 Å². The summed E-state index contributed by atoms with van der Waals surface area (Å²) in [5, 5.41) is 19.4. The monoisotopic (exact) mass is 566 g/mol. The normalized spacial score (nSPS) is 17.8. The Morgan fingerprint density at radius 2 is 1.79 bits per heavy atom. The average molecular weight is 567 g/mol. The number of carboxylic acids is 1. The van der Waals surface area contributed by atoms with Crippen molar-refractivity contribution in [2.75, 3.05) is 13.2 Å². The van der Waals surface area contributed by atoms with E-state index in [1.54, 1.807) is 13.8 Å². The molecule has 1 N–H and O–H groups in total. The molecule has 4 aromatic rings. The van der Waals surface area contributed by atoms with Gasteiger partial charge in [0.05, 0.1) is 17.5 Å². The van der Waals surface area contributed by atoms with Gasteiger partial charge in [-0.1, -0.05) is 41.6 Å². The number of carbonyl (C=O) groups excluding carboxylic acids is 1. The Morgan fingerprint density at radius 1 is 1.02 bits per heavy atom. The van der Waals surface area contributed by atoms with Crippen LogP contribution in [0.5, 0.6) is 0 Å². The maximum Gasteiger partial charge on any atom is 0.310 e. The van der Waals surface area contributed by atoms with Crippen LogP contribution in [-0.4, -0.2) is 50.0 Å². The molecule has 1 amide bonds. The van der Waals surface area contributed by atoms with Gasteiger partial charge >= 0.3 is 5.97 Å². The molecule has 0 saturated carbocycles. The highest BCUT2D eigenvalue weighted by Gasteiger charge is 2.40. The molecule has 8 nitrogen and oxygen atoms in total. The lowest BCUT2D eigenvalue weighted by Crippen LogP contribution is -2.37. The van der Waals surface area contributed by atoms with Crippen molar-refractivity contribution in [2.45, 2.75) is 73.1 Å². The molecule has 0 aliphatic carbocycles. The fourth-order valence-electron chi connectivity index (χ4n) is 6.84. The predicted octanol–water partition coefficient (Wildman–Crippen LogP) is 5.72. The van der Waals surface area contributed by atoms with Crippen LogP contribution >= 0.6 is 0 Å². The van der Waals surface area contributed by atoms with Crippen LogP contribution in [0.25, 0.3) is 11.0 Å². The SMILES string of the molecule is Cc1cc2cc(C)c1C(=O)N1CCc3ccc(cc3C1)C(C(C)(C)C(=O)O)c1ccc3c(nnn3CCCOC2)c1C. The minimum atomic E-state index is -1.10. The van der Waals surface area contributed by atoms with Crippen LogP contribution in [0.3, 0.4) is 0 Å². The number of aliphatic carboxylic acids is 1. The molecule has 8 heteroatoms. The Hall–Kier alpha value is -4.04. The van der Waals surface area contributed by atoms with E-state index in [-0.39, 0.29) is 5.91 Å². The molecule has 0 fully saturated rings. The van der Waals surface area contributed by atoms with E-state index in [2.05, 4.69) is 40.6 Å². The minimum absolute atomic E-state index is 0.0329. The summed E-state index contributed by atoms with van der Waals surface area (Å²) in [5.41, 5.74) is 9.36. The number of carboxylic acid groups (broad SMARTS) is 1. The molecule has 0 radical (unpaired) electrons. The van der Waals surface area contributed by atoms with Crippen LogP contribution < -0.4 is 0 Å². The van der Waals surface area contributed by atoms with Gasteiger partial charge in [-0.15, -0.1) is 5.10 Å². The van der Waals surface area contributed by atoms with Gasteiger partial charge in [0.15, 0.2) is 0 Å². The number of aromatic nitrogens is 3. The molecule has 9 rings (SSSR count). The van der Waals surface area contributed by atoms with Crippen molar-refractivity contribution < 1.29 is 19.4 Å². The highest BCUT2D eigenvalue weighted by atomic mass is 16.5. The quantitative estimate of drug-likeness (QED) is 0.333. The molecule has 5 aliphatic rings. The number of rotatable bonds is 2. The zero-order valence-electron chi connectivity index (χ0n) is 25.0. The fraction of sp³-hybridized carbons (Fsp3) is 0.412. The smallest absolute Gasteiger partial charge is 0.310 e. The lowest BCUT2D eigenvalue weighted by molar-refractivity contribution is -0.147. The van der Waals surface area contributed by atoms with E-state index in [1.807, 2.05) is 42.5 Å². The first kappa shape index (κ1) is 28.1. The highest BCUT2D eigenvalue weighted by Crippen LogP contribution is 2.44. The maximum atomic E-state index is 13.9. The van der Waals surface area contributed by atoms with Crippen LogP contribution in [0.15, 0.2) is 42.5 Å². The number of benzene rings is 3. The number of hydrogen-bond acceptors (Lipinski definition) is 5. The number of hydrogen-bond donors (Lipinski definition) is 1. The molecule has 218 valence electrons. The highest BCUT2D eigenvalue weighted by molar-refractivity contribution is 5.97. The van der Waals surface area contributed by atoms with E-state index in [9.17, 15) is 14.7 Å². The van der Waals surface area contributed by atoms with Gasteiger partial charge in [-0.2, -0.15) is 0 Å². The molecule has 1 atom stereocenters. The molecule has 1 unspecified atom stereocenters. The number of amides is 1. The number of ether oxygens (including phenoxy) is 1. The number of aryl methyl sites for hydroxylation is 4. The van der Waals surface area contributed by atoms with Crippen molar-refractivity contribution >= 4 is 22.9 Å². The first-order valence-corrected chi connectivity index (χ1v) is 14.7. The standard InChI is InChI=1S/C34H38N4O4/c1-20-15-23-16-21(2)29(20)32(39)37-13-11-24-7-8-25(17-26(24)18-37)30(34(4,5)33(40)41)27-9-10-28-31(22(27)3)35-36-38(28)12-6-14-42-19-23/h7-10,15-17,30H,6,11-14,18-19H2,1-5H3,(H,40,41). The van der Waals surface area contributed by atoms with E-state index in [4.69, 9.17) is 4.74 Å². The summed E-state index contributed by atoms with van der Waals surface area (Å²) in [7, 11) is 0. The first-order valence-electron chi connectivity index (χ1n) is 14.7. The Morgan fingerprint density at radius 3 is 2.52 bits per heavy atom. The van der Waals surface area contributed by atoms with E-state index < -0.39 is 17.3 Å². The van der Waals surface area contributed by atoms with Crippen molar-refractivity contribution in [3.8, 4) is 0 Å². The van der Waals surface area contributed by atoms with E-state index in [0.29, 0.717) is 32.8 Å². The molecule has 42 heavy (non-hydrogen) atoms. The molecule has 6 heterocycles. The van der Waals surface area contributed by atoms with Crippen molar-refractivity contribution in [2.24, 2.45) is 5.41 Å². The van der Waals surface area contributed by atoms with Gasteiger partial charge in [-0.05, 0) is 98.0 Å². The van der Waals surface area contributed by atoms with Crippen LogP contribution in [0.4, 0.5) is 0 Å². The molecule has 5 aliphatic heterocycles. The summed E-state index contributed by atoms with van der Waals surface area (Å²) in [6.45, 7) is 12.4. The second kappa shape index (κ2) is 10.7. The van der Waals surface area contributed by atoms with Crippen LogP contribution in [0, 0.1) is 26.2 Å². The van der Waals surface area contributed by atoms with Crippen molar-refractivity contribution in [1.29, 1.82) is 0 Å². The molecule has 3 aromatic carbocycles. The third kappa shape index (κ3) is 4.77. The molecular weight excluding hydrogens is 528 g/mol. The zero-order valence-corrected chi connectivity index (χ0v) is 25.0. The van der Waals surface area contributed by atoms with Crippen LogP contribution in [0.1, 0.15) is 81.1 Å². The zero-order chi connectivity index (χ0) is 29.8. The summed E-state index contributed by atoms with van der Waals surface area (Å²) < 4.78 is 7.91. The van der Waals surface area contributed by atoms with Gasteiger partial charge in [0.2, 0.25) is 0 Å². The summed E-state index contributed by atoms with van der Waals surface area (Å²) in [6.07, 6.45) is 1.53. The third-order valence-electron chi connectivity index (χ3n) is 9.16. The molecule has 0 saturated heterocycles. The van der Waals surface area contributed by atoms with Gasteiger partial charge in [-0.25, -0.2) is 4.68 Å². The Bertz CT molecular complexity index is 1700. The number of carbonyl (C=O) groups is 2. The van der Waals surface area contributed by atoms with Crippen molar-refractivity contribution in [3.05, 3.63) is 92.5 Å². The minimum Gasteiger partial charge on any atom is -0.481 e. The second-order valence-corrected chi connectivity index (χ2v) is 12.4. The van der Waals surface area contributed by atoms with Crippen LogP contribution in [-0.2, 0) is 35.6 Å². The van der Waals surface area contributed by atoms with Crippen molar-refractivity contribution in [1.82, 2.24) is 19.9 Å². The second-order valence-electron chi connectivity index (χ2n) is 12.4. The van der Waals surface area contributed by atoms with Gasteiger partial charge < -0.3 is 14.7 Å². The summed E-state index contributed by atoms with van der Waals surface area (Å²) in [5.74, 6) is -1.27. The topological polar surface area (TPSA) is 97.5 Å². The molecular formula is C34H38N4O4. The lowest BCUT2D eigenvalue weighted by Gasteiger charge is -2.34. The van der Waals surface area contributed by atoms with E-state index in [1.165, 1.54) is 5.56 Å². The molecule has 0 spiro atoms. The van der Waals surface area contributed by atoms with Gasteiger partial charge in [0.1, 0.15) is 5.52 Å². The summed E-state index contributed by atoms with van der Waals surface area (Å²) >= 11 is 0. The van der Waals surface area contributed by atoms with Gasteiger partial charge in [0.25, 0.3) is 5.91 Å². The fourth-order valence-corrected chi connectivity index (χ4v) is 6.84. The van der Waals surface area contributed by atoms with E-state index in [0.717, 1.165) is 68.4 Å². The Kier molecular flexibility index (Phi) is 7.13. The average Bonchev–Trinajstić information content (AvgIpc) is 3.36. The van der Waals surface area contributed by atoms with Crippen LogP contribution in [0.2, 0.25) is 0 Å². The molecule has 1 aromatic heterocycles.